The Morgan fingerprint density at radius 3 is 2.40 bits per heavy atom. The van der Waals surface area contributed by atoms with Gasteiger partial charge in [0.25, 0.3) is 0 Å². The molecule has 0 aliphatic carbocycles. The third kappa shape index (κ3) is 1.75. The summed E-state index contributed by atoms with van der Waals surface area (Å²) < 4.78 is 36.3. The van der Waals surface area contributed by atoms with Crippen LogP contribution in [-0.4, -0.2) is 22.6 Å². The van der Waals surface area contributed by atoms with Gasteiger partial charge in [0.1, 0.15) is 0 Å². The monoisotopic (exact) mass is 173 g/mol. The maximum Gasteiger partial charge on any atom is 0.414 e. The molecular weight excluding hydrogens is 167 g/mol. The number of nitrogens with one attached hydrogen (secondary N) is 1. The largest absolute Gasteiger partial charge is 0.414 e. The van der Waals surface area contributed by atoms with Crippen molar-refractivity contribution in [1.82, 2.24) is 9.73 Å². The van der Waals surface area contributed by atoms with Crippen LogP contribution in [0.1, 0.15) is 0 Å². The molecule has 1 atom stereocenters. The summed E-state index contributed by atoms with van der Waals surface area (Å²) in [7, 11) is 0. The Morgan fingerprint density at radius 1 is 1.60 bits per heavy atom. The highest BCUT2D eigenvalue weighted by molar-refractivity contribution is 7.97. The fourth-order valence-corrected chi connectivity index (χ4v) is 1.25. The highest BCUT2D eigenvalue weighted by atomic mass is 32.2. The minimum absolute atomic E-state index is 0.0643. The molecule has 1 heterocycles. The van der Waals surface area contributed by atoms with Gasteiger partial charge in [0.05, 0.1) is 6.67 Å². The van der Waals surface area contributed by atoms with Crippen molar-refractivity contribution in [3.63, 3.8) is 0 Å². The molecule has 60 valence electrons. The van der Waals surface area contributed by atoms with Gasteiger partial charge in [0, 0.05) is 0 Å². The second kappa shape index (κ2) is 2.57. The van der Waals surface area contributed by atoms with Gasteiger partial charge in [-0.05, 0) is 11.9 Å². The van der Waals surface area contributed by atoms with E-state index in [4.69, 9.17) is 5.84 Å². The molecule has 1 aliphatic heterocycles. The van der Waals surface area contributed by atoms with Gasteiger partial charge in [-0.1, -0.05) is 0 Å². The molecule has 1 rings (SSSR count). The highest BCUT2D eigenvalue weighted by Crippen LogP contribution is 2.31. The average Bonchev–Trinajstić information content (AvgIpc) is 2.11. The van der Waals surface area contributed by atoms with Crippen LogP contribution in [0, 0.1) is 0 Å². The van der Waals surface area contributed by atoms with E-state index in [0.29, 0.717) is 11.9 Å². The number of hydrogen-bond donors (Lipinski definition) is 2. The number of halogens is 3. The van der Waals surface area contributed by atoms with Crippen LogP contribution >= 0.6 is 11.9 Å². The molecule has 0 aromatic rings. The molecular formula is C3H6F3N3S. The Balaban J connectivity index is 2.45. The van der Waals surface area contributed by atoms with Crippen LogP contribution in [0.25, 0.3) is 0 Å². The second-order valence-corrected chi connectivity index (χ2v) is 2.96. The average molecular weight is 173 g/mol. The van der Waals surface area contributed by atoms with Gasteiger partial charge >= 0.3 is 6.18 Å². The highest BCUT2D eigenvalue weighted by Gasteiger charge is 2.44. The van der Waals surface area contributed by atoms with Crippen LogP contribution in [0.5, 0.6) is 0 Å². The number of hydrazine groups is 1. The first-order valence-electron chi connectivity index (χ1n) is 2.49. The SMILES string of the molecule is NN1CNC(C(F)(F)F)S1. The Labute approximate surface area is 59.8 Å². The smallest absolute Gasteiger partial charge is 0.282 e. The normalized spacial score (nSPS) is 29.4. The molecule has 10 heavy (non-hydrogen) atoms. The van der Waals surface area contributed by atoms with E-state index in [1.165, 1.54) is 0 Å². The van der Waals surface area contributed by atoms with Crippen LogP contribution in [0.4, 0.5) is 13.2 Å². The van der Waals surface area contributed by atoms with Crippen molar-refractivity contribution in [3.05, 3.63) is 0 Å². The fraction of sp³-hybridized carbons (Fsp3) is 1.00. The van der Waals surface area contributed by atoms with E-state index in [9.17, 15) is 13.2 Å². The van der Waals surface area contributed by atoms with Crippen LogP contribution in [-0.2, 0) is 0 Å². The van der Waals surface area contributed by atoms with E-state index < -0.39 is 11.6 Å². The number of nitrogens with two attached hydrogens (primary N) is 1. The lowest BCUT2D eigenvalue weighted by Crippen LogP contribution is -2.35. The molecule has 0 saturated carbocycles. The Morgan fingerprint density at radius 2 is 2.20 bits per heavy atom. The molecule has 0 spiro atoms. The summed E-state index contributed by atoms with van der Waals surface area (Å²) in [5.74, 6) is 5.06. The van der Waals surface area contributed by atoms with E-state index in [0.717, 1.165) is 4.41 Å². The van der Waals surface area contributed by atoms with Gasteiger partial charge < -0.3 is 0 Å². The van der Waals surface area contributed by atoms with Crippen molar-refractivity contribution in [2.24, 2.45) is 5.84 Å². The lowest BCUT2D eigenvalue weighted by atomic mass is 10.6. The van der Waals surface area contributed by atoms with E-state index in [1.807, 2.05) is 0 Å². The van der Waals surface area contributed by atoms with E-state index in [1.54, 1.807) is 0 Å². The van der Waals surface area contributed by atoms with E-state index >= 15 is 0 Å². The number of hydrogen-bond acceptors (Lipinski definition) is 4. The number of nitrogens with zero attached hydrogens (tertiary/aromatic N) is 1. The number of alkyl halides is 3. The zero-order chi connectivity index (χ0) is 7.78. The third-order valence-corrected chi connectivity index (χ3v) is 2.02. The fourth-order valence-electron chi connectivity index (χ4n) is 0.558. The van der Waals surface area contributed by atoms with Crippen molar-refractivity contribution in [2.45, 2.75) is 11.6 Å². The molecule has 0 radical (unpaired) electrons. The predicted octanol–water partition coefficient (Wildman–Crippen LogP) is 0.259. The molecule has 7 heteroatoms. The minimum atomic E-state index is -4.21. The van der Waals surface area contributed by atoms with E-state index in [-0.39, 0.29) is 6.67 Å². The topological polar surface area (TPSA) is 41.3 Å². The zero-order valence-corrected chi connectivity index (χ0v) is 5.67. The Hall–Kier alpha value is 0.0200. The van der Waals surface area contributed by atoms with E-state index in [2.05, 4.69) is 5.32 Å². The predicted molar refractivity (Wildman–Crippen MR) is 31.5 cm³/mol. The summed E-state index contributed by atoms with van der Waals surface area (Å²) in [4.78, 5) is 0. The van der Waals surface area contributed by atoms with Gasteiger partial charge in [-0.25, -0.2) is 0 Å². The second-order valence-electron chi connectivity index (χ2n) is 1.81. The number of rotatable bonds is 0. The summed E-state index contributed by atoms with van der Waals surface area (Å²) in [6.07, 6.45) is -4.21. The minimum Gasteiger partial charge on any atom is -0.282 e. The molecule has 0 bridgehead atoms. The van der Waals surface area contributed by atoms with Crippen molar-refractivity contribution in [1.29, 1.82) is 0 Å². The van der Waals surface area contributed by atoms with Crippen molar-refractivity contribution in [3.8, 4) is 0 Å². The molecule has 1 saturated heterocycles. The maximum atomic E-state index is 11.8. The molecule has 0 amide bonds. The Kier molecular flexibility index (Phi) is 2.09. The quantitative estimate of drug-likeness (QED) is 0.407. The van der Waals surface area contributed by atoms with Crippen molar-refractivity contribution >= 4 is 11.9 Å². The van der Waals surface area contributed by atoms with Crippen LogP contribution in [0.2, 0.25) is 0 Å². The summed E-state index contributed by atoms with van der Waals surface area (Å²) >= 11 is 0.547. The molecule has 3 N–H and O–H groups in total. The first-order valence-corrected chi connectivity index (χ1v) is 3.33. The molecule has 0 aromatic carbocycles. The van der Waals surface area contributed by atoms with Crippen LogP contribution in [0.15, 0.2) is 0 Å². The maximum absolute atomic E-state index is 11.8. The molecule has 1 aliphatic rings. The van der Waals surface area contributed by atoms with Gasteiger partial charge in [0.15, 0.2) is 5.37 Å². The molecule has 0 aromatic heterocycles. The van der Waals surface area contributed by atoms with Gasteiger partial charge in [-0.3, -0.25) is 11.2 Å². The third-order valence-electron chi connectivity index (χ3n) is 0.971. The zero-order valence-electron chi connectivity index (χ0n) is 4.85. The van der Waals surface area contributed by atoms with Crippen LogP contribution in [0.3, 0.4) is 0 Å². The first kappa shape index (κ1) is 8.12. The standard InChI is InChI=1S/C3H6F3N3S/c4-3(5,6)2-8-1-9(7)10-2/h2,8H,1,7H2. The Bertz CT molecular complexity index is 127. The van der Waals surface area contributed by atoms with Gasteiger partial charge in [-0.2, -0.15) is 17.6 Å². The lowest BCUT2D eigenvalue weighted by Gasteiger charge is -2.12. The summed E-state index contributed by atoms with van der Waals surface area (Å²) in [5.41, 5.74) is 0. The molecule has 1 fully saturated rings. The molecule has 3 nitrogen and oxygen atoms in total. The summed E-state index contributed by atoms with van der Waals surface area (Å²) in [6.45, 7) is 0.0643. The van der Waals surface area contributed by atoms with Gasteiger partial charge in [-0.15, -0.1) is 0 Å². The van der Waals surface area contributed by atoms with Crippen molar-refractivity contribution in [2.75, 3.05) is 6.67 Å². The first-order chi connectivity index (χ1) is 4.50. The summed E-state index contributed by atoms with van der Waals surface area (Å²) in [6, 6.07) is 0. The van der Waals surface area contributed by atoms with Crippen molar-refractivity contribution < 1.29 is 13.2 Å². The van der Waals surface area contributed by atoms with Gasteiger partial charge in [0.2, 0.25) is 0 Å². The molecule has 1 unspecified atom stereocenters. The summed E-state index contributed by atoms with van der Waals surface area (Å²) in [5, 5.41) is 0.641. The lowest BCUT2D eigenvalue weighted by molar-refractivity contribution is -0.132. The van der Waals surface area contributed by atoms with Crippen LogP contribution < -0.4 is 11.2 Å².